The normalized spacial score (nSPS) is 13.6. The van der Waals surface area contributed by atoms with E-state index in [1.54, 1.807) is 30.3 Å². The van der Waals surface area contributed by atoms with Crippen LogP contribution in [0.2, 0.25) is 0 Å². The van der Waals surface area contributed by atoms with Crippen molar-refractivity contribution in [3.63, 3.8) is 0 Å². The predicted octanol–water partition coefficient (Wildman–Crippen LogP) is 1.34. The number of ether oxygens (including phenoxy) is 1. The van der Waals surface area contributed by atoms with E-state index in [9.17, 15) is 9.59 Å². The minimum atomic E-state index is -1.49. The third kappa shape index (κ3) is 2.31. The summed E-state index contributed by atoms with van der Waals surface area (Å²) in [6.07, 6.45) is -0.784. The predicted molar refractivity (Wildman–Crippen MR) is 57.0 cm³/mol. The maximum absolute atomic E-state index is 11.2. The van der Waals surface area contributed by atoms with E-state index >= 15 is 0 Å². The molecule has 1 rings (SSSR count). The molecule has 0 spiro atoms. The molecule has 1 aromatic carbocycles. The van der Waals surface area contributed by atoms with Crippen molar-refractivity contribution in [3.8, 4) is 0 Å². The number of amides is 1. The zero-order valence-electron chi connectivity index (χ0n) is 9.06. The second-order valence-corrected chi connectivity index (χ2v) is 3.41. The van der Waals surface area contributed by atoms with Gasteiger partial charge in [0.15, 0.2) is 5.54 Å². The lowest BCUT2D eigenvalue weighted by atomic mass is 9.92. The van der Waals surface area contributed by atoms with Crippen LogP contribution in [-0.4, -0.2) is 24.3 Å². The summed E-state index contributed by atoms with van der Waals surface area (Å²) in [5, 5.41) is 11.5. The fraction of sp³-hybridized carbons (Fsp3) is 0.273. The first-order valence-corrected chi connectivity index (χ1v) is 4.65. The van der Waals surface area contributed by atoms with Gasteiger partial charge in [0.1, 0.15) is 0 Å². The van der Waals surface area contributed by atoms with E-state index in [0.717, 1.165) is 0 Å². The summed E-state index contributed by atoms with van der Waals surface area (Å²) in [5.41, 5.74) is -1.01. The summed E-state index contributed by atoms with van der Waals surface area (Å²) in [5.74, 6) is -1.15. The van der Waals surface area contributed by atoms with Crippen molar-refractivity contribution < 1.29 is 19.4 Å². The monoisotopic (exact) mass is 223 g/mol. The van der Waals surface area contributed by atoms with Crippen molar-refractivity contribution in [1.82, 2.24) is 5.32 Å². The molecule has 1 atom stereocenters. The Hall–Kier alpha value is -2.04. The van der Waals surface area contributed by atoms with Crippen LogP contribution in [0.25, 0.3) is 0 Å². The summed E-state index contributed by atoms with van der Waals surface area (Å²) in [6.45, 7) is 1.40. The first kappa shape index (κ1) is 12.0. The van der Waals surface area contributed by atoms with E-state index < -0.39 is 17.6 Å². The number of carboxylic acids is 1. The number of alkyl carbamates (subject to hydrolysis) is 1. The summed E-state index contributed by atoms with van der Waals surface area (Å²) in [7, 11) is 1.18. The fourth-order valence-electron chi connectivity index (χ4n) is 1.28. The Morgan fingerprint density at radius 3 is 2.31 bits per heavy atom. The molecule has 0 fully saturated rings. The van der Waals surface area contributed by atoms with Crippen molar-refractivity contribution in [2.45, 2.75) is 12.5 Å². The van der Waals surface area contributed by atoms with Gasteiger partial charge in [0.25, 0.3) is 0 Å². The van der Waals surface area contributed by atoms with E-state index in [4.69, 9.17) is 5.11 Å². The molecule has 16 heavy (non-hydrogen) atoms. The molecule has 86 valence electrons. The molecule has 5 heteroatoms. The smallest absolute Gasteiger partial charge is 0.408 e. The highest BCUT2D eigenvalue weighted by atomic mass is 16.5. The molecule has 0 unspecified atom stereocenters. The van der Waals surface area contributed by atoms with Crippen LogP contribution in [0, 0.1) is 0 Å². The van der Waals surface area contributed by atoms with Crippen LogP contribution in [-0.2, 0) is 15.1 Å². The molecule has 1 amide bonds. The number of methoxy groups -OCH3 is 1. The van der Waals surface area contributed by atoms with Gasteiger partial charge in [0.05, 0.1) is 7.11 Å². The van der Waals surface area contributed by atoms with E-state index in [1.165, 1.54) is 14.0 Å². The molecule has 2 N–H and O–H groups in total. The summed E-state index contributed by atoms with van der Waals surface area (Å²) in [6, 6.07) is 8.43. The lowest BCUT2D eigenvalue weighted by Gasteiger charge is -2.25. The molecule has 0 aliphatic carbocycles. The first-order valence-electron chi connectivity index (χ1n) is 4.65. The van der Waals surface area contributed by atoms with Gasteiger partial charge in [-0.1, -0.05) is 30.3 Å². The molecule has 0 heterocycles. The number of nitrogens with one attached hydrogen (secondary N) is 1. The van der Waals surface area contributed by atoms with E-state index in [1.807, 2.05) is 0 Å². The van der Waals surface area contributed by atoms with Crippen LogP contribution in [0.1, 0.15) is 12.5 Å². The third-order valence-corrected chi connectivity index (χ3v) is 2.32. The molecule has 1 aromatic rings. The zero-order valence-corrected chi connectivity index (χ0v) is 9.06. The Kier molecular flexibility index (Phi) is 3.50. The second-order valence-electron chi connectivity index (χ2n) is 3.41. The number of carboxylic acid groups (broad SMARTS) is 1. The lowest BCUT2D eigenvalue weighted by Crippen LogP contribution is -2.49. The largest absolute Gasteiger partial charge is 0.479 e. The number of carbonyl (C=O) groups excluding carboxylic acids is 1. The van der Waals surface area contributed by atoms with Gasteiger partial charge in [-0.25, -0.2) is 9.59 Å². The first-order chi connectivity index (χ1) is 7.50. The van der Waals surface area contributed by atoms with Gasteiger partial charge in [0.2, 0.25) is 0 Å². The van der Waals surface area contributed by atoms with E-state index in [-0.39, 0.29) is 0 Å². The number of benzene rings is 1. The average molecular weight is 223 g/mol. The Balaban J connectivity index is 3.07. The standard InChI is InChI=1S/C11H13NO4/c1-11(9(13)14,12-10(15)16-2)8-6-4-3-5-7-8/h3-7H,1-2H3,(H,12,15)(H,13,14)/t11-/m0/s1. The van der Waals surface area contributed by atoms with Crippen LogP contribution in [0.3, 0.4) is 0 Å². The van der Waals surface area contributed by atoms with Gasteiger partial charge in [-0.15, -0.1) is 0 Å². The van der Waals surface area contributed by atoms with Gasteiger partial charge >= 0.3 is 12.1 Å². The van der Waals surface area contributed by atoms with Crippen LogP contribution >= 0.6 is 0 Å². The van der Waals surface area contributed by atoms with Crippen LogP contribution in [0.5, 0.6) is 0 Å². The molecule has 0 aliphatic heterocycles. The number of hydrogen-bond acceptors (Lipinski definition) is 3. The average Bonchev–Trinajstić information content (AvgIpc) is 2.29. The Labute approximate surface area is 93.0 Å². The topological polar surface area (TPSA) is 75.6 Å². The SMILES string of the molecule is COC(=O)N[C@](C)(C(=O)O)c1ccccc1. The maximum atomic E-state index is 11.2. The Morgan fingerprint density at radius 1 is 1.31 bits per heavy atom. The highest BCUT2D eigenvalue weighted by molar-refractivity contribution is 5.85. The molecular formula is C11H13NO4. The van der Waals surface area contributed by atoms with E-state index in [2.05, 4.69) is 10.1 Å². The quantitative estimate of drug-likeness (QED) is 0.810. The van der Waals surface area contributed by atoms with Crippen molar-refractivity contribution >= 4 is 12.1 Å². The summed E-state index contributed by atoms with van der Waals surface area (Å²) < 4.78 is 4.40. The van der Waals surface area contributed by atoms with Gasteiger partial charge in [-0.3, -0.25) is 0 Å². The summed E-state index contributed by atoms with van der Waals surface area (Å²) in [4.78, 5) is 22.3. The van der Waals surface area contributed by atoms with Crippen LogP contribution < -0.4 is 5.32 Å². The molecule has 0 radical (unpaired) electrons. The lowest BCUT2D eigenvalue weighted by molar-refractivity contribution is -0.144. The third-order valence-electron chi connectivity index (χ3n) is 2.32. The van der Waals surface area contributed by atoms with Crippen LogP contribution in [0.4, 0.5) is 4.79 Å². The number of aliphatic carboxylic acids is 1. The molecule has 0 bridgehead atoms. The van der Waals surface area contributed by atoms with Crippen molar-refractivity contribution in [2.75, 3.05) is 7.11 Å². The molecule has 0 saturated heterocycles. The van der Waals surface area contributed by atoms with Gasteiger partial charge in [-0.2, -0.15) is 0 Å². The Morgan fingerprint density at radius 2 is 1.88 bits per heavy atom. The van der Waals surface area contributed by atoms with Gasteiger partial charge in [-0.05, 0) is 12.5 Å². The number of hydrogen-bond donors (Lipinski definition) is 2. The van der Waals surface area contributed by atoms with E-state index in [0.29, 0.717) is 5.56 Å². The highest BCUT2D eigenvalue weighted by Gasteiger charge is 2.37. The van der Waals surface area contributed by atoms with Crippen LogP contribution in [0.15, 0.2) is 30.3 Å². The number of rotatable bonds is 3. The molecule has 0 aromatic heterocycles. The molecule has 5 nitrogen and oxygen atoms in total. The van der Waals surface area contributed by atoms with Crippen molar-refractivity contribution in [1.29, 1.82) is 0 Å². The molecular weight excluding hydrogens is 210 g/mol. The number of carbonyl (C=O) groups is 2. The van der Waals surface area contributed by atoms with Crippen molar-refractivity contribution in [2.24, 2.45) is 0 Å². The summed E-state index contributed by atoms with van der Waals surface area (Å²) >= 11 is 0. The minimum absolute atomic E-state index is 0.480. The zero-order chi connectivity index (χ0) is 12.2. The minimum Gasteiger partial charge on any atom is -0.479 e. The van der Waals surface area contributed by atoms with Gasteiger partial charge in [0, 0.05) is 0 Å². The van der Waals surface area contributed by atoms with Gasteiger partial charge < -0.3 is 15.2 Å². The fourth-order valence-corrected chi connectivity index (χ4v) is 1.28. The second kappa shape index (κ2) is 4.65. The Bertz CT molecular complexity index is 390. The highest BCUT2D eigenvalue weighted by Crippen LogP contribution is 2.20. The maximum Gasteiger partial charge on any atom is 0.408 e. The molecule has 0 aliphatic rings. The molecule has 0 saturated carbocycles. The van der Waals surface area contributed by atoms with Crippen molar-refractivity contribution in [3.05, 3.63) is 35.9 Å².